The van der Waals surface area contributed by atoms with Crippen molar-refractivity contribution in [2.24, 2.45) is 5.92 Å². The Balaban J connectivity index is 2.02. The number of aliphatic carboxylic acids is 1. The van der Waals surface area contributed by atoms with E-state index in [4.69, 9.17) is 4.74 Å². The molecule has 2 aromatic rings. The van der Waals surface area contributed by atoms with Crippen molar-refractivity contribution in [2.45, 2.75) is 45.8 Å². The molecule has 3 atom stereocenters. The van der Waals surface area contributed by atoms with Crippen LogP contribution in [0.2, 0.25) is 0 Å². The number of hydrogen-bond acceptors (Lipinski definition) is 4. The van der Waals surface area contributed by atoms with Gasteiger partial charge in [0.2, 0.25) is 0 Å². The molecular weight excluding hydrogens is 370 g/mol. The van der Waals surface area contributed by atoms with Gasteiger partial charge in [-0.25, -0.2) is 0 Å². The molecule has 3 unspecified atom stereocenters. The van der Waals surface area contributed by atoms with Gasteiger partial charge in [0.25, 0.3) is 5.91 Å². The smallest absolute Gasteiger partial charge is 0.308 e. The number of Topliss-reactive ketones (excluding diaryl/α,β-unsaturated/α-hetero) is 1. The van der Waals surface area contributed by atoms with Crippen molar-refractivity contribution < 1.29 is 24.2 Å². The van der Waals surface area contributed by atoms with Crippen LogP contribution in [-0.4, -0.2) is 28.9 Å². The van der Waals surface area contributed by atoms with Gasteiger partial charge in [0, 0.05) is 6.42 Å². The first-order valence-electron chi connectivity index (χ1n) is 9.61. The zero-order valence-electron chi connectivity index (χ0n) is 16.9. The van der Waals surface area contributed by atoms with Crippen molar-refractivity contribution in [3.63, 3.8) is 0 Å². The lowest BCUT2D eigenvalue weighted by molar-refractivity contribution is -0.142. The van der Waals surface area contributed by atoms with E-state index < -0.39 is 29.9 Å². The maximum Gasteiger partial charge on any atom is 0.308 e. The van der Waals surface area contributed by atoms with E-state index in [1.165, 1.54) is 0 Å². The molecule has 2 rings (SSSR count). The van der Waals surface area contributed by atoms with Crippen molar-refractivity contribution in [1.29, 1.82) is 0 Å². The van der Waals surface area contributed by atoms with E-state index in [0.29, 0.717) is 18.6 Å². The van der Waals surface area contributed by atoms with Gasteiger partial charge in [-0.1, -0.05) is 42.5 Å². The molecule has 0 aromatic heterocycles. The fourth-order valence-corrected chi connectivity index (χ4v) is 2.88. The number of hydrogen-bond donors (Lipinski definition) is 2. The monoisotopic (exact) mass is 397 g/mol. The number of ether oxygens (including phenoxy) is 1. The molecule has 0 saturated carbocycles. The van der Waals surface area contributed by atoms with E-state index in [-0.39, 0.29) is 5.78 Å². The molecule has 0 bridgehead atoms. The summed E-state index contributed by atoms with van der Waals surface area (Å²) in [7, 11) is 0. The number of ketones is 1. The summed E-state index contributed by atoms with van der Waals surface area (Å²) in [5, 5.41) is 12.2. The predicted octanol–water partition coefficient (Wildman–Crippen LogP) is 3.55. The summed E-state index contributed by atoms with van der Waals surface area (Å²) in [4.78, 5) is 35.2. The number of nitrogens with one attached hydrogen (secondary N) is 1. The number of rotatable bonds is 10. The summed E-state index contributed by atoms with van der Waals surface area (Å²) in [5.74, 6) is -1.52. The van der Waals surface area contributed by atoms with Crippen molar-refractivity contribution in [3.05, 3.63) is 65.7 Å². The summed E-state index contributed by atoms with van der Waals surface area (Å²) in [5.41, 5.74) is 1.74. The zero-order chi connectivity index (χ0) is 21.4. The molecule has 2 aromatic carbocycles. The van der Waals surface area contributed by atoms with Gasteiger partial charge in [0.05, 0.1) is 12.0 Å². The second-order valence-corrected chi connectivity index (χ2v) is 7.13. The van der Waals surface area contributed by atoms with Crippen LogP contribution in [-0.2, 0) is 20.8 Å². The lowest BCUT2D eigenvalue weighted by Gasteiger charge is -2.25. The zero-order valence-corrected chi connectivity index (χ0v) is 16.9. The quantitative estimate of drug-likeness (QED) is 0.640. The molecule has 2 N–H and O–H groups in total. The van der Waals surface area contributed by atoms with Gasteiger partial charge in [-0.15, -0.1) is 0 Å². The Kier molecular flexibility index (Phi) is 7.95. The minimum atomic E-state index is -0.992. The molecular formula is C23H27NO5. The Morgan fingerprint density at radius 1 is 1.00 bits per heavy atom. The van der Waals surface area contributed by atoms with Crippen molar-refractivity contribution in [2.75, 3.05) is 0 Å². The van der Waals surface area contributed by atoms with Gasteiger partial charge >= 0.3 is 5.97 Å². The van der Waals surface area contributed by atoms with Gasteiger partial charge in [-0.3, -0.25) is 9.59 Å². The fourth-order valence-electron chi connectivity index (χ4n) is 2.88. The first kappa shape index (κ1) is 22.1. The molecule has 29 heavy (non-hydrogen) atoms. The summed E-state index contributed by atoms with van der Waals surface area (Å²) in [6.45, 7) is 4.74. The van der Waals surface area contributed by atoms with Gasteiger partial charge < -0.3 is 20.0 Å². The van der Waals surface area contributed by atoms with Gasteiger partial charge in [-0.2, -0.15) is 0 Å². The highest BCUT2D eigenvalue weighted by Crippen LogP contribution is 2.23. The third-order valence-corrected chi connectivity index (χ3v) is 4.72. The van der Waals surface area contributed by atoms with Crippen LogP contribution >= 0.6 is 0 Å². The van der Waals surface area contributed by atoms with Gasteiger partial charge in [0.15, 0.2) is 6.10 Å². The third-order valence-electron chi connectivity index (χ3n) is 4.72. The van der Waals surface area contributed by atoms with Crippen LogP contribution in [0.25, 0.3) is 0 Å². The molecule has 0 fully saturated rings. The Morgan fingerprint density at radius 3 is 2.17 bits per heavy atom. The van der Waals surface area contributed by atoms with E-state index in [2.05, 4.69) is 5.32 Å². The SMILES string of the molecule is CC(=O)CCc1ccc(OC(C)C(=O)NC(c2ccccc2)C(C)C(=O)O)cc1. The van der Waals surface area contributed by atoms with Crippen LogP contribution in [0.5, 0.6) is 5.75 Å². The van der Waals surface area contributed by atoms with E-state index in [0.717, 1.165) is 11.1 Å². The number of carboxylic acids is 1. The molecule has 0 aliphatic rings. The minimum Gasteiger partial charge on any atom is -0.481 e. The van der Waals surface area contributed by atoms with E-state index in [1.54, 1.807) is 57.2 Å². The standard InChI is InChI=1S/C23H27NO5/c1-15(25)9-10-18-11-13-20(14-12-18)29-17(3)22(26)24-21(16(2)23(27)28)19-7-5-4-6-8-19/h4-8,11-14,16-17,21H,9-10H2,1-3H3,(H,24,26)(H,27,28). The highest BCUT2D eigenvalue weighted by molar-refractivity contribution is 5.82. The minimum absolute atomic E-state index is 0.138. The topological polar surface area (TPSA) is 92.7 Å². The first-order valence-corrected chi connectivity index (χ1v) is 9.61. The summed E-state index contributed by atoms with van der Waals surface area (Å²) >= 11 is 0. The summed E-state index contributed by atoms with van der Waals surface area (Å²) in [6.07, 6.45) is 0.351. The molecule has 0 aliphatic carbocycles. The molecule has 0 aliphatic heterocycles. The largest absolute Gasteiger partial charge is 0.481 e. The van der Waals surface area contributed by atoms with Crippen molar-refractivity contribution in [3.8, 4) is 5.75 Å². The molecule has 1 amide bonds. The van der Waals surface area contributed by atoms with Gasteiger partial charge in [0.1, 0.15) is 11.5 Å². The lowest BCUT2D eigenvalue weighted by Crippen LogP contribution is -2.42. The van der Waals surface area contributed by atoms with E-state index >= 15 is 0 Å². The first-order chi connectivity index (χ1) is 13.8. The molecule has 6 heteroatoms. The predicted molar refractivity (Wildman–Crippen MR) is 110 cm³/mol. The fraction of sp³-hybridized carbons (Fsp3) is 0.348. The van der Waals surface area contributed by atoms with E-state index in [9.17, 15) is 19.5 Å². The summed E-state index contributed by atoms with van der Waals surface area (Å²) < 4.78 is 5.71. The van der Waals surface area contributed by atoms with Gasteiger partial charge in [-0.05, 0) is 50.5 Å². The average Bonchev–Trinajstić information content (AvgIpc) is 2.71. The third kappa shape index (κ3) is 6.75. The van der Waals surface area contributed by atoms with Crippen LogP contribution < -0.4 is 10.1 Å². The van der Waals surface area contributed by atoms with Crippen LogP contribution in [0, 0.1) is 5.92 Å². The Morgan fingerprint density at radius 2 is 1.62 bits per heavy atom. The number of benzene rings is 2. The highest BCUT2D eigenvalue weighted by Gasteiger charge is 2.28. The number of aryl methyl sites for hydroxylation is 1. The molecule has 0 heterocycles. The normalized spacial score (nSPS) is 13.8. The van der Waals surface area contributed by atoms with Crippen LogP contribution in [0.1, 0.15) is 44.4 Å². The Bertz CT molecular complexity index is 832. The number of amides is 1. The number of carbonyl (C=O) groups is 3. The summed E-state index contributed by atoms with van der Waals surface area (Å²) in [6, 6.07) is 15.6. The van der Waals surface area contributed by atoms with E-state index in [1.807, 2.05) is 18.2 Å². The Hall–Kier alpha value is -3.15. The molecule has 6 nitrogen and oxygen atoms in total. The second-order valence-electron chi connectivity index (χ2n) is 7.13. The molecule has 0 spiro atoms. The van der Waals surface area contributed by atoms with Crippen molar-refractivity contribution >= 4 is 17.7 Å². The maximum atomic E-state index is 12.6. The molecule has 154 valence electrons. The van der Waals surface area contributed by atoms with Crippen molar-refractivity contribution in [1.82, 2.24) is 5.32 Å². The highest BCUT2D eigenvalue weighted by atomic mass is 16.5. The maximum absolute atomic E-state index is 12.6. The molecule has 0 saturated heterocycles. The molecule has 0 radical (unpaired) electrons. The second kappa shape index (κ2) is 10.4. The average molecular weight is 397 g/mol. The van der Waals surface area contributed by atoms with Crippen LogP contribution in [0.3, 0.4) is 0 Å². The number of carboxylic acid groups (broad SMARTS) is 1. The number of carbonyl (C=O) groups excluding carboxylic acids is 2. The van der Waals surface area contributed by atoms with Crippen LogP contribution in [0.15, 0.2) is 54.6 Å². The Labute approximate surface area is 170 Å². The van der Waals surface area contributed by atoms with Crippen LogP contribution in [0.4, 0.5) is 0 Å². The lowest BCUT2D eigenvalue weighted by atomic mass is 9.94.